The Morgan fingerprint density at radius 3 is 2.71 bits per heavy atom. The predicted molar refractivity (Wildman–Crippen MR) is 63.8 cm³/mol. The van der Waals surface area contributed by atoms with E-state index in [1.54, 1.807) is 0 Å². The molecule has 0 unspecified atom stereocenters. The number of aromatic carboxylic acids is 1. The highest BCUT2D eigenvalue weighted by atomic mass is 32.2. The summed E-state index contributed by atoms with van der Waals surface area (Å²) in [6, 6.07) is 2.63. The number of rotatable bonds is 6. The van der Waals surface area contributed by atoms with Gasteiger partial charge in [-0.25, -0.2) is 17.9 Å². The van der Waals surface area contributed by atoms with Gasteiger partial charge in [0.15, 0.2) is 0 Å². The van der Waals surface area contributed by atoms with E-state index in [-0.39, 0.29) is 9.09 Å². The number of thiophene rings is 1. The maximum atomic E-state index is 11.8. The summed E-state index contributed by atoms with van der Waals surface area (Å²) < 4.78 is 26.1. The molecule has 0 spiro atoms. The fourth-order valence-electron chi connectivity index (χ4n) is 1.45. The minimum Gasteiger partial charge on any atom is -0.477 e. The number of carboxylic acids is 1. The number of hydrogen-bond donors (Lipinski definition) is 2. The minimum absolute atomic E-state index is 0.0348. The second-order valence-corrected chi connectivity index (χ2v) is 7.13. The van der Waals surface area contributed by atoms with Crippen LogP contribution in [-0.2, 0) is 10.0 Å². The molecule has 0 amide bonds. The predicted octanol–water partition coefficient (Wildman–Crippen LogP) is 1.52. The normalized spacial score (nSPS) is 16.0. The molecule has 5 nitrogen and oxygen atoms in total. The average molecular weight is 275 g/mol. The maximum Gasteiger partial charge on any atom is 0.345 e. The Morgan fingerprint density at radius 1 is 1.47 bits per heavy atom. The Morgan fingerprint density at radius 2 is 2.18 bits per heavy atom. The first-order valence-corrected chi connectivity index (χ1v) is 7.62. The molecule has 0 bridgehead atoms. The number of carboxylic acid groups (broad SMARTS) is 1. The van der Waals surface area contributed by atoms with E-state index in [1.807, 2.05) is 0 Å². The summed E-state index contributed by atoms with van der Waals surface area (Å²) in [4.78, 5) is 10.7. The molecule has 1 aliphatic rings. The molecule has 0 aliphatic heterocycles. The quantitative estimate of drug-likeness (QED) is 0.824. The molecule has 1 aromatic rings. The van der Waals surface area contributed by atoms with E-state index in [2.05, 4.69) is 4.72 Å². The van der Waals surface area contributed by atoms with Gasteiger partial charge >= 0.3 is 5.97 Å². The van der Waals surface area contributed by atoms with Crippen LogP contribution in [0.15, 0.2) is 16.3 Å². The van der Waals surface area contributed by atoms with Gasteiger partial charge in [-0.15, -0.1) is 11.3 Å². The average Bonchev–Trinajstić information content (AvgIpc) is 2.92. The smallest absolute Gasteiger partial charge is 0.345 e. The minimum atomic E-state index is -3.54. The van der Waals surface area contributed by atoms with Gasteiger partial charge in [-0.1, -0.05) is 12.8 Å². The third kappa shape index (κ3) is 3.27. The largest absolute Gasteiger partial charge is 0.477 e. The molecule has 0 saturated heterocycles. The van der Waals surface area contributed by atoms with Crippen molar-refractivity contribution in [3.05, 3.63) is 17.0 Å². The Balaban J connectivity index is 1.99. The van der Waals surface area contributed by atoms with Crippen molar-refractivity contribution in [3.63, 3.8) is 0 Å². The van der Waals surface area contributed by atoms with Crippen LogP contribution in [0.5, 0.6) is 0 Å². The van der Waals surface area contributed by atoms with Gasteiger partial charge < -0.3 is 5.11 Å². The van der Waals surface area contributed by atoms with Crippen LogP contribution in [0.2, 0.25) is 0 Å². The highest BCUT2D eigenvalue weighted by Crippen LogP contribution is 2.32. The number of carbonyl (C=O) groups is 1. The van der Waals surface area contributed by atoms with Crippen LogP contribution in [-0.4, -0.2) is 26.0 Å². The van der Waals surface area contributed by atoms with Gasteiger partial charge in [0.25, 0.3) is 0 Å². The Hall–Kier alpha value is -0.920. The van der Waals surface area contributed by atoms with E-state index in [0.29, 0.717) is 12.5 Å². The zero-order chi connectivity index (χ0) is 12.5. The molecule has 1 aliphatic carbocycles. The van der Waals surface area contributed by atoms with Crippen molar-refractivity contribution < 1.29 is 18.3 Å². The summed E-state index contributed by atoms with van der Waals surface area (Å²) in [5.41, 5.74) is 0. The molecular formula is C10H13NO4S2. The molecule has 1 heterocycles. The molecular weight excluding hydrogens is 262 g/mol. The molecule has 94 valence electrons. The lowest BCUT2D eigenvalue weighted by Gasteiger charge is -2.03. The standard InChI is InChI=1S/C10H13NO4S2/c12-10(13)8-3-4-9(16-8)17(14,15)11-6-5-7-1-2-7/h3-4,7,11H,1-2,5-6H2,(H,12,13). The molecule has 1 aromatic heterocycles. The fourth-order valence-corrected chi connectivity index (χ4v) is 3.69. The van der Waals surface area contributed by atoms with Crippen molar-refractivity contribution in [2.24, 2.45) is 5.92 Å². The summed E-state index contributed by atoms with van der Waals surface area (Å²) in [6.07, 6.45) is 3.23. The molecule has 0 atom stereocenters. The molecule has 2 N–H and O–H groups in total. The lowest BCUT2D eigenvalue weighted by atomic mass is 10.3. The number of sulfonamides is 1. The Bertz CT molecular complexity index is 516. The lowest BCUT2D eigenvalue weighted by Crippen LogP contribution is -2.24. The van der Waals surface area contributed by atoms with Crippen molar-refractivity contribution in [1.82, 2.24) is 4.72 Å². The monoisotopic (exact) mass is 275 g/mol. The molecule has 17 heavy (non-hydrogen) atoms. The second kappa shape index (κ2) is 4.75. The number of nitrogens with one attached hydrogen (secondary N) is 1. The maximum absolute atomic E-state index is 11.8. The highest BCUT2D eigenvalue weighted by molar-refractivity contribution is 7.91. The first-order valence-electron chi connectivity index (χ1n) is 5.32. The van der Waals surface area contributed by atoms with Crippen LogP contribution >= 0.6 is 11.3 Å². The molecule has 0 radical (unpaired) electrons. The second-order valence-electron chi connectivity index (χ2n) is 4.05. The van der Waals surface area contributed by atoms with Crippen LogP contribution in [0.4, 0.5) is 0 Å². The van der Waals surface area contributed by atoms with Crippen molar-refractivity contribution >= 4 is 27.3 Å². The van der Waals surface area contributed by atoms with E-state index in [4.69, 9.17) is 5.11 Å². The number of hydrogen-bond acceptors (Lipinski definition) is 4. The zero-order valence-corrected chi connectivity index (χ0v) is 10.7. The van der Waals surface area contributed by atoms with Crippen molar-refractivity contribution in [1.29, 1.82) is 0 Å². The molecule has 0 aromatic carbocycles. The van der Waals surface area contributed by atoms with Gasteiger partial charge in [0.1, 0.15) is 9.09 Å². The molecule has 1 fully saturated rings. The topological polar surface area (TPSA) is 83.5 Å². The van der Waals surface area contributed by atoms with E-state index >= 15 is 0 Å². The van der Waals surface area contributed by atoms with Crippen molar-refractivity contribution in [2.45, 2.75) is 23.5 Å². The van der Waals surface area contributed by atoms with Crippen LogP contribution in [0, 0.1) is 5.92 Å². The van der Waals surface area contributed by atoms with E-state index in [1.165, 1.54) is 25.0 Å². The lowest BCUT2D eigenvalue weighted by molar-refractivity contribution is 0.0702. The Labute approximate surface area is 104 Å². The summed E-state index contributed by atoms with van der Waals surface area (Å²) in [6.45, 7) is 0.424. The van der Waals surface area contributed by atoms with Gasteiger partial charge in [0, 0.05) is 6.54 Å². The third-order valence-electron chi connectivity index (χ3n) is 2.60. The molecule has 1 saturated carbocycles. The zero-order valence-electron chi connectivity index (χ0n) is 9.05. The van der Waals surface area contributed by atoms with Crippen LogP contribution in [0.1, 0.15) is 28.9 Å². The van der Waals surface area contributed by atoms with Crippen LogP contribution in [0.25, 0.3) is 0 Å². The van der Waals surface area contributed by atoms with Crippen LogP contribution < -0.4 is 4.72 Å². The van der Waals surface area contributed by atoms with Gasteiger partial charge in [-0.2, -0.15) is 0 Å². The summed E-state index contributed by atoms with van der Waals surface area (Å²) >= 11 is 0.772. The molecule has 7 heteroatoms. The SMILES string of the molecule is O=C(O)c1ccc(S(=O)(=O)NCCC2CC2)s1. The molecule has 2 rings (SSSR count). The third-order valence-corrected chi connectivity index (χ3v) is 5.62. The van der Waals surface area contributed by atoms with Crippen molar-refractivity contribution in [3.8, 4) is 0 Å². The van der Waals surface area contributed by atoms with Crippen molar-refractivity contribution in [2.75, 3.05) is 6.54 Å². The van der Waals surface area contributed by atoms with Gasteiger partial charge in [0.2, 0.25) is 10.0 Å². The summed E-state index contributed by atoms with van der Waals surface area (Å²) in [7, 11) is -3.54. The van der Waals surface area contributed by atoms with Gasteiger partial charge in [0.05, 0.1) is 0 Å². The van der Waals surface area contributed by atoms with E-state index < -0.39 is 16.0 Å². The van der Waals surface area contributed by atoms with E-state index in [9.17, 15) is 13.2 Å². The van der Waals surface area contributed by atoms with Gasteiger partial charge in [-0.3, -0.25) is 0 Å². The van der Waals surface area contributed by atoms with Crippen LogP contribution in [0.3, 0.4) is 0 Å². The fraction of sp³-hybridized carbons (Fsp3) is 0.500. The summed E-state index contributed by atoms with van der Waals surface area (Å²) in [5, 5.41) is 8.72. The Kier molecular flexibility index (Phi) is 3.50. The highest BCUT2D eigenvalue weighted by Gasteiger charge is 2.23. The summed E-state index contributed by atoms with van der Waals surface area (Å²) in [5.74, 6) is -0.440. The first-order chi connectivity index (χ1) is 7.99. The van der Waals surface area contributed by atoms with E-state index in [0.717, 1.165) is 17.8 Å². The first kappa shape index (κ1) is 12.5. The van der Waals surface area contributed by atoms with Gasteiger partial charge in [-0.05, 0) is 24.5 Å².